The summed E-state index contributed by atoms with van der Waals surface area (Å²) in [7, 11) is 0. The van der Waals surface area contributed by atoms with Gasteiger partial charge in [0.05, 0.1) is 17.8 Å². The van der Waals surface area contributed by atoms with E-state index in [4.69, 9.17) is 0 Å². The minimum atomic E-state index is -0.550. The monoisotopic (exact) mass is 295 g/mol. The van der Waals surface area contributed by atoms with Gasteiger partial charge in [0.25, 0.3) is 0 Å². The minimum Gasteiger partial charge on any atom is -0.372 e. The topological polar surface area (TPSA) is 70.2 Å². The first kappa shape index (κ1) is 14.1. The van der Waals surface area contributed by atoms with Gasteiger partial charge in [0.2, 0.25) is 11.8 Å². The van der Waals surface area contributed by atoms with E-state index in [1.807, 2.05) is 54.6 Å². The van der Waals surface area contributed by atoms with Crippen LogP contribution in [0.1, 0.15) is 12.0 Å². The molecule has 0 unspecified atom stereocenters. The maximum atomic E-state index is 12.0. The van der Waals surface area contributed by atoms with Crippen LogP contribution in [0.25, 0.3) is 0 Å². The Balaban J connectivity index is 1.57. The molecule has 0 aromatic heterocycles. The number of carbonyl (C=O) groups excluding carboxylic acids is 2. The molecule has 5 heteroatoms. The van der Waals surface area contributed by atoms with Crippen LogP contribution in [0.2, 0.25) is 0 Å². The quantitative estimate of drug-likeness (QED) is 0.809. The number of hydrogen-bond acceptors (Lipinski definition) is 3. The fraction of sp³-hybridized carbons (Fsp3) is 0.176. The molecule has 0 spiro atoms. The summed E-state index contributed by atoms with van der Waals surface area (Å²) >= 11 is 0. The van der Waals surface area contributed by atoms with E-state index in [0.29, 0.717) is 6.54 Å². The average molecular weight is 295 g/mol. The molecule has 2 aromatic rings. The van der Waals surface area contributed by atoms with Crippen LogP contribution >= 0.6 is 0 Å². The number of amides is 2. The molecule has 112 valence electrons. The second-order valence-electron chi connectivity index (χ2n) is 5.20. The van der Waals surface area contributed by atoms with Crippen molar-refractivity contribution in [3.05, 3.63) is 60.2 Å². The van der Waals surface area contributed by atoms with Crippen molar-refractivity contribution in [3.63, 3.8) is 0 Å². The molecular weight excluding hydrogens is 278 g/mol. The predicted octanol–water partition coefficient (Wildman–Crippen LogP) is 2.13. The molecule has 0 aliphatic carbocycles. The fourth-order valence-corrected chi connectivity index (χ4v) is 2.39. The first-order valence-corrected chi connectivity index (χ1v) is 7.19. The Labute approximate surface area is 128 Å². The van der Waals surface area contributed by atoms with Crippen LogP contribution in [-0.2, 0) is 16.1 Å². The highest BCUT2D eigenvalue weighted by Crippen LogP contribution is 2.26. The highest BCUT2D eigenvalue weighted by molar-refractivity contribution is 6.04. The third kappa shape index (κ3) is 3.25. The standard InChI is InChI=1S/C17H17N3O2/c21-16(18-11-12-6-2-1-3-7-12)10-15-17(22)20-14-9-5-4-8-13(14)19-15/h1-9,15,19H,10-11H2,(H,18,21)(H,20,22)/t15-/m0/s1. The van der Waals surface area contributed by atoms with Crippen LogP contribution in [-0.4, -0.2) is 17.9 Å². The number of para-hydroxylation sites is 2. The highest BCUT2D eigenvalue weighted by Gasteiger charge is 2.27. The number of rotatable bonds is 4. The lowest BCUT2D eigenvalue weighted by molar-refractivity contribution is -0.125. The van der Waals surface area contributed by atoms with E-state index in [0.717, 1.165) is 16.9 Å². The number of anilines is 2. The summed E-state index contributed by atoms with van der Waals surface area (Å²) in [4.78, 5) is 24.0. The Kier molecular flexibility index (Phi) is 4.05. The zero-order valence-corrected chi connectivity index (χ0v) is 12.0. The molecule has 5 nitrogen and oxygen atoms in total. The first-order valence-electron chi connectivity index (χ1n) is 7.19. The molecule has 0 bridgehead atoms. The Morgan fingerprint density at radius 1 is 1.00 bits per heavy atom. The Bertz CT molecular complexity index is 685. The third-order valence-electron chi connectivity index (χ3n) is 3.55. The van der Waals surface area contributed by atoms with Crippen molar-refractivity contribution in [2.24, 2.45) is 0 Å². The van der Waals surface area contributed by atoms with Gasteiger partial charge in [-0.2, -0.15) is 0 Å². The van der Waals surface area contributed by atoms with Crippen molar-refractivity contribution in [2.75, 3.05) is 10.6 Å². The molecule has 2 aromatic carbocycles. The van der Waals surface area contributed by atoms with E-state index < -0.39 is 6.04 Å². The SMILES string of the molecule is O=C(C[C@@H]1Nc2ccccc2NC1=O)NCc1ccccc1. The number of carbonyl (C=O) groups is 2. The molecule has 0 saturated heterocycles. The van der Waals surface area contributed by atoms with Gasteiger partial charge in [-0.1, -0.05) is 42.5 Å². The number of benzene rings is 2. The van der Waals surface area contributed by atoms with E-state index in [2.05, 4.69) is 16.0 Å². The Morgan fingerprint density at radius 3 is 2.45 bits per heavy atom. The molecule has 0 radical (unpaired) electrons. The second kappa shape index (κ2) is 6.30. The molecule has 0 saturated carbocycles. The summed E-state index contributed by atoms with van der Waals surface area (Å²) < 4.78 is 0. The van der Waals surface area contributed by atoms with Crippen LogP contribution in [0.3, 0.4) is 0 Å². The summed E-state index contributed by atoms with van der Waals surface area (Å²) in [5.74, 6) is -0.343. The average Bonchev–Trinajstić information content (AvgIpc) is 2.55. The maximum Gasteiger partial charge on any atom is 0.247 e. The van der Waals surface area contributed by atoms with Crippen LogP contribution < -0.4 is 16.0 Å². The van der Waals surface area contributed by atoms with Gasteiger partial charge < -0.3 is 16.0 Å². The molecule has 0 fully saturated rings. The minimum absolute atomic E-state index is 0.104. The van der Waals surface area contributed by atoms with Crippen molar-refractivity contribution in [2.45, 2.75) is 19.0 Å². The van der Waals surface area contributed by atoms with E-state index >= 15 is 0 Å². The van der Waals surface area contributed by atoms with Gasteiger partial charge in [-0.25, -0.2) is 0 Å². The molecule has 1 aliphatic heterocycles. The zero-order valence-electron chi connectivity index (χ0n) is 12.0. The van der Waals surface area contributed by atoms with Gasteiger partial charge in [0, 0.05) is 6.54 Å². The molecule has 3 rings (SSSR count). The van der Waals surface area contributed by atoms with E-state index in [-0.39, 0.29) is 18.2 Å². The summed E-state index contributed by atoms with van der Waals surface area (Å²) in [6.45, 7) is 0.463. The number of nitrogens with one attached hydrogen (secondary N) is 3. The van der Waals surface area contributed by atoms with Crippen LogP contribution in [0.4, 0.5) is 11.4 Å². The molecule has 3 N–H and O–H groups in total. The zero-order chi connectivity index (χ0) is 15.4. The molecule has 22 heavy (non-hydrogen) atoms. The molecule has 1 heterocycles. The van der Waals surface area contributed by atoms with Crippen molar-refractivity contribution in [1.82, 2.24) is 5.32 Å². The fourth-order valence-electron chi connectivity index (χ4n) is 2.39. The van der Waals surface area contributed by atoms with Crippen LogP contribution in [0.15, 0.2) is 54.6 Å². The molecule has 2 amide bonds. The van der Waals surface area contributed by atoms with Crippen LogP contribution in [0, 0.1) is 0 Å². The van der Waals surface area contributed by atoms with Gasteiger partial charge in [-0.3, -0.25) is 9.59 Å². The molecule has 1 aliphatic rings. The lowest BCUT2D eigenvalue weighted by Crippen LogP contribution is -2.42. The van der Waals surface area contributed by atoms with Crippen molar-refractivity contribution in [3.8, 4) is 0 Å². The van der Waals surface area contributed by atoms with Crippen LogP contribution in [0.5, 0.6) is 0 Å². The largest absolute Gasteiger partial charge is 0.372 e. The van der Waals surface area contributed by atoms with Gasteiger partial charge in [-0.05, 0) is 17.7 Å². The summed E-state index contributed by atoms with van der Waals surface area (Å²) in [5.41, 5.74) is 2.61. The maximum absolute atomic E-state index is 12.0. The normalized spacial score (nSPS) is 16.2. The number of fused-ring (bicyclic) bond motifs is 1. The van der Waals surface area contributed by atoms with Gasteiger partial charge >= 0.3 is 0 Å². The van der Waals surface area contributed by atoms with E-state index in [9.17, 15) is 9.59 Å². The smallest absolute Gasteiger partial charge is 0.247 e. The third-order valence-corrected chi connectivity index (χ3v) is 3.55. The summed E-state index contributed by atoms with van der Waals surface area (Å²) in [6.07, 6.45) is 0.104. The predicted molar refractivity (Wildman–Crippen MR) is 85.4 cm³/mol. The second-order valence-corrected chi connectivity index (χ2v) is 5.20. The van der Waals surface area contributed by atoms with Gasteiger partial charge in [0.15, 0.2) is 0 Å². The van der Waals surface area contributed by atoms with Gasteiger partial charge in [-0.15, -0.1) is 0 Å². The highest BCUT2D eigenvalue weighted by atomic mass is 16.2. The Hall–Kier alpha value is -2.82. The lowest BCUT2D eigenvalue weighted by Gasteiger charge is -2.26. The van der Waals surface area contributed by atoms with Crippen molar-refractivity contribution >= 4 is 23.2 Å². The number of hydrogen-bond donors (Lipinski definition) is 3. The van der Waals surface area contributed by atoms with E-state index in [1.165, 1.54) is 0 Å². The first-order chi connectivity index (χ1) is 10.7. The lowest BCUT2D eigenvalue weighted by atomic mass is 10.1. The molecular formula is C17H17N3O2. The van der Waals surface area contributed by atoms with Gasteiger partial charge in [0.1, 0.15) is 6.04 Å². The van der Waals surface area contributed by atoms with Crippen molar-refractivity contribution in [1.29, 1.82) is 0 Å². The molecule has 1 atom stereocenters. The van der Waals surface area contributed by atoms with Crippen molar-refractivity contribution < 1.29 is 9.59 Å². The summed E-state index contributed by atoms with van der Waals surface area (Å²) in [6, 6.07) is 16.6. The Morgan fingerprint density at radius 2 is 1.68 bits per heavy atom. The summed E-state index contributed by atoms with van der Waals surface area (Å²) in [5, 5.41) is 8.74. The van der Waals surface area contributed by atoms with E-state index in [1.54, 1.807) is 0 Å².